The van der Waals surface area contributed by atoms with E-state index < -0.39 is 0 Å². The number of hydrogen-bond acceptors (Lipinski definition) is 3. The van der Waals surface area contributed by atoms with Crippen molar-refractivity contribution in [1.82, 2.24) is 20.0 Å². The maximum Gasteiger partial charge on any atom is 0.244 e. The summed E-state index contributed by atoms with van der Waals surface area (Å²) in [4.78, 5) is 25.8. The first-order chi connectivity index (χ1) is 12.6. The van der Waals surface area contributed by atoms with Crippen molar-refractivity contribution >= 4 is 17.9 Å². The molecule has 1 fully saturated rings. The fourth-order valence-electron chi connectivity index (χ4n) is 3.18. The van der Waals surface area contributed by atoms with Gasteiger partial charge in [0.1, 0.15) is 0 Å². The van der Waals surface area contributed by atoms with E-state index in [0.29, 0.717) is 0 Å². The van der Waals surface area contributed by atoms with Crippen LogP contribution in [0.5, 0.6) is 0 Å². The molecule has 3 rings (SSSR count). The Balaban J connectivity index is 1.64. The number of benzene rings is 1. The molecule has 1 aromatic heterocycles. The predicted octanol–water partition coefficient (Wildman–Crippen LogP) is 2.24. The van der Waals surface area contributed by atoms with E-state index in [-0.39, 0.29) is 18.4 Å². The Kier molecular flexibility index (Phi) is 5.51. The minimum Gasteiger partial charge on any atom is -0.343 e. The molecule has 0 atom stereocenters. The summed E-state index contributed by atoms with van der Waals surface area (Å²) in [6, 6.07) is 9.87. The van der Waals surface area contributed by atoms with Gasteiger partial charge in [0.15, 0.2) is 0 Å². The zero-order valence-electron chi connectivity index (χ0n) is 15.2. The van der Waals surface area contributed by atoms with E-state index in [1.165, 1.54) is 6.08 Å². The molecule has 0 unspecified atom stereocenters. The molecule has 136 valence electrons. The lowest BCUT2D eigenvalue weighted by atomic mass is 10.2. The van der Waals surface area contributed by atoms with Crippen LogP contribution in [0.4, 0.5) is 0 Å². The van der Waals surface area contributed by atoms with Crippen LogP contribution in [0.15, 0.2) is 36.4 Å². The van der Waals surface area contributed by atoms with Gasteiger partial charge in [-0.1, -0.05) is 18.2 Å². The van der Waals surface area contributed by atoms with Gasteiger partial charge in [-0.2, -0.15) is 5.10 Å². The van der Waals surface area contributed by atoms with Crippen molar-refractivity contribution in [3.8, 4) is 5.69 Å². The van der Waals surface area contributed by atoms with E-state index in [9.17, 15) is 9.59 Å². The van der Waals surface area contributed by atoms with E-state index >= 15 is 0 Å². The molecule has 0 bridgehead atoms. The highest BCUT2D eigenvalue weighted by Gasteiger charge is 2.17. The third-order valence-corrected chi connectivity index (χ3v) is 4.62. The van der Waals surface area contributed by atoms with Crippen molar-refractivity contribution in [3.05, 3.63) is 53.4 Å². The molecule has 0 radical (unpaired) electrons. The van der Waals surface area contributed by atoms with Crippen LogP contribution in [-0.2, 0) is 9.59 Å². The van der Waals surface area contributed by atoms with Gasteiger partial charge in [0.2, 0.25) is 11.8 Å². The quantitative estimate of drug-likeness (QED) is 0.839. The molecular formula is C20H24N4O2. The summed E-state index contributed by atoms with van der Waals surface area (Å²) < 4.78 is 1.86. The number of carbonyl (C=O) groups excluding carboxylic acids is 2. The summed E-state index contributed by atoms with van der Waals surface area (Å²) in [5, 5.41) is 7.22. The van der Waals surface area contributed by atoms with Crippen LogP contribution >= 0.6 is 0 Å². The molecule has 1 saturated heterocycles. The van der Waals surface area contributed by atoms with Gasteiger partial charge >= 0.3 is 0 Å². The fraction of sp³-hybridized carbons (Fsp3) is 0.350. The van der Waals surface area contributed by atoms with Gasteiger partial charge in [-0.25, -0.2) is 4.68 Å². The van der Waals surface area contributed by atoms with Gasteiger partial charge in [0.25, 0.3) is 0 Å². The summed E-state index contributed by atoms with van der Waals surface area (Å²) in [6.45, 7) is 5.52. The topological polar surface area (TPSA) is 67.2 Å². The summed E-state index contributed by atoms with van der Waals surface area (Å²) in [7, 11) is 0. The van der Waals surface area contributed by atoms with Gasteiger partial charge in [-0.15, -0.1) is 0 Å². The number of aromatic nitrogens is 2. The third kappa shape index (κ3) is 4.02. The molecule has 1 aromatic carbocycles. The molecule has 0 saturated carbocycles. The zero-order chi connectivity index (χ0) is 18.5. The number of aryl methyl sites for hydroxylation is 1. The lowest BCUT2D eigenvalue weighted by Gasteiger charge is -2.14. The standard InChI is InChI=1S/C20H24N4O2/c1-15-18(16(2)24(22-15)17-8-4-3-5-9-17)10-11-19(25)21-14-20(26)23-12-6-7-13-23/h3-5,8-11H,6-7,12-14H2,1-2H3,(H,21,25)/b11-10+. The van der Waals surface area contributed by atoms with Gasteiger partial charge in [-0.05, 0) is 44.9 Å². The first-order valence-corrected chi connectivity index (χ1v) is 8.91. The zero-order valence-corrected chi connectivity index (χ0v) is 15.2. The monoisotopic (exact) mass is 352 g/mol. The van der Waals surface area contributed by atoms with E-state index in [1.54, 1.807) is 11.0 Å². The smallest absolute Gasteiger partial charge is 0.244 e. The Labute approximate surface area is 153 Å². The number of amides is 2. The molecule has 1 N–H and O–H groups in total. The highest BCUT2D eigenvalue weighted by Crippen LogP contribution is 2.19. The highest BCUT2D eigenvalue weighted by molar-refractivity contribution is 5.94. The first-order valence-electron chi connectivity index (χ1n) is 8.91. The van der Waals surface area contributed by atoms with Crippen LogP contribution < -0.4 is 5.32 Å². The largest absolute Gasteiger partial charge is 0.343 e. The normalized spacial score (nSPS) is 14.2. The second kappa shape index (κ2) is 7.99. The van der Waals surface area contributed by atoms with Crippen LogP contribution in [-0.4, -0.2) is 46.1 Å². The molecule has 26 heavy (non-hydrogen) atoms. The molecule has 0 aliphatic carbocycles. The van der Waals surface area contributed by atoms with Crippen LogP contribution in [0.3, 0.4) is 0 Å². The highest BCUT2D eigenvalue weighted by atomic mass is 16.2. The van der Waals surface area contributed by atoms with Gasteiger partial charge in [0.05, 0.1) is 17.9 Å². The van der Waals surface area contributed by atoms with E-state index in [4.69, 9.17) is 0 Å². The van der Waals surface area contributed by atoms with E-state index in [0.717, 1.165) is 48.6 Å². The maximum atomic E-state index is 12.0. The van der Waals surface area contributed by atoms with Gasteiger partial charge in [0, 0.05) is 30.4 Å². The van der Waals surface area contributed by atoms with Crippen molar-refractivity contribution in [2.24, 2.45) is 0 Å². The average molecular weight is 352 g/mol. The number of nitrogens with zero attached hydrogens (tertiary/aromatic N) is 3. The molecule has 2 aromatic rings. The second-order valence-electron chi connectivity index (χ2n) is 6.47. The molecule has 6 nitrogen and oxygen atoms in total. The van der Waals surface area contributed by atoms with Crippen LogP contribution in [0.1, 0.15) is 29.8 Å². The Bertz CT molecular complexity index is 818. The van der Waals surface area contributed by atoms with Gasteiger partial charge < -0.3 is 10.2 Å². The summed E-state index contributed by atoms with van der Waals surface area (Å²) in [6.07, 6.45) is 5.31. The molecule has 6 heteroatoms. The molecule has 2 amide bonds. The SMILES string of the molecule is Cc1nn(-c2ccccc2)c(C)c1/C=C/C(=O)NCC(=O)N1CCCC1. The Morgan fingerprint density at radius 3 is 2.54 bits per heavy atom. The number of rotatable bonds is 5. The molecular weight excluding hydrogens is 328 g/mol. The minimum atomic E-state index is -0.274. The second-order valence-corrected chi connectivity index (χ2v) is 6.47. The average Bonchev–Trinajstić information content (AvgIpc) is 3.28. The number of likely N-dealkylation sites (tertiary alicyclic amines) is 1. The predicted molar refractivity (Wildman–Crippen MR) is 101 cm³/mol. The third-order valence-electron chi connectivity index (χ3n) is 4.62. The summed E-state index contributed by atoms with van der Waals surface area (Å²) >= 11 is 0. The number of hydrogen-bond donors (Lipinski definition) is 1. The first kappa shape index (κ1) is 17.9. The lowest BCUT2D eigenvalue weighted by Crippen LogP contribution is -2.38. The molecule has 2 heterocycles. The van der Waals surface area contributed by atoms with Crippen LogP contribution in [0.2, 0.25) is 0 Å². The minimum absolute atomic E-state index is 0.0199. The lowest BCUT2D eigenvalue weighted by molar-refractivity contribution is -0.131. The van der Waals surface area contributed by atoms with Gasteiger partial charge in [-0.3, -0.25) is 9.59 Å². The van der Waals surface area contributed by atoms with Crippen LogP contribution in [0, 0.1) is 13.8 Å². The van der Waals surface area contributed by atoms with Crippen molar-refractivity contribution in [2.75, 3.05) is 19.6 Å². The summed E-state index contributed by atoms with van der Waals surface area (Å²) in [5.41, 5.74) is 3.71. The number of nitrogens with one attached hydrogen (secondary N) is 1. The number of carbonyl (C=O) groups is 2. The fourth-order valence-corrected chi connectivity index (χ4v) is 3.18. The molecule has 1 aliphatic rings. The maximum absolute atomic E-state index is 12.0. The molecule has 0 spiro atoms. The van der Waals surface area contributed by atoms with Crippen molar-refractivity contribution in [3.63, 3.8) is 0 Å². The van der Waals surface area contributed by atoms with Crippen molar-refractivity contribution in [1.29, 1.82) is 0 Å². The van der Waals surface area contributed by atoms with Crippen molar-refractivity contribution < 1.29 is 9.59 Å². The van der Waals surface area contributed by atoms with Crippen molar-refractivity contribution in [2.45, 2.75) is 26.7 Å². The van der Waals surface area contributed by atoms with Crippen LogP contribution in [0.25, 0.3) is 11.8 Å². The Hall–Kier alpha value is -2.89. The van der Waals surface area contributed by atoms with E-state index in [1.807, 2.05) is 48.9 Å². The van der Waals surface area contributed by atoms with E-state index in [2.05, 4.69) is 10.4 Å². The Morgan fingerprint density at radius 1 is 1.15 bits per heavy atom. The summed E-state index contributed by atoms with van der Waals surface area (Å²) in [5.74, 6) is -0.294. The number of para-hydroxylation sites is 1. The Morgan fingerprint density at radius 2 is 1.85 bits per heavy atom. The molecule has 1 aliphatic heterocycles.